The Bertz CT molecular complexity index is 284. The number of amides is 2. The lowest BCUT2D eigenvalue weighted by atomic mass is 10.2. The summed E-state index contributed by atoms with van der Waals surface area (Å²) in [4.78, 5) is 10.8. The van der Waals surface area contributed by atoms with Gasteiger partial charge in [0, 0.05) is 18.1 Å². The number of urea groups is 1. The first-order chi connectivity index (χ1) is 6.22. The Hall–Kier alpha value is -1.03. The SMILES string of the molecule is CNC(=O)NCc1ccc(Br)cc1. The lowest BCUT2D eigenvalue weighted by Gasteiger charge is -2.03. The third-order valence-electron chi connectivity index (χ3n) is 1.59. The van der Waals surface area contributed by atoms with Crippen molar-refractivity contribution in [1.82, 2.24) is 10.6 Å². The van der Waals surface area contributed by atoms with Crippen LogP contribution in [0.1, 0.15) is 5.56 Å². The number of benzene rings is 1. The fourth-order valence-corrected chi connectivity index (χ4v) is 1.14. The first-order valence-electron chi connectivity index (χ1n) is 3.92. The number of hydrogen-bond acceptors (Lipinski definition) is 1. The highest BCUT2D eigenvalue weighted by Crippen LogP contribution is 2.09. The van der Waals surface area contributed by atoms with Crippen molar-refractivity contribution in [2.45, 2.75) is 6.54 Å². The highest BCUT2D eigenvalue weighted by molar-refractivity contribution is 9.10. The average molecular weight is 243 g/mol. The van der Waals surface area contributed by atoms with Crippen molar-refractivity contribution < 1.29 is 4.79 Å². The van der Waals surface area contributed by atoms with Crippen LogP contribution < -0.4 is 10.6 Å². The molecule has 0 aliphatic carbocycles. The van der Waals surface area contributed by atoms with Gasteiger partial charge in [-0.15, -0.1) is 0 Å². The number of nitrogens with one attached hydrogen (secondary N) is 2. The van der Waals surface area contributed by atoms with Crippen LogP contribution in [-0.4, -0.2) is 13.1 Å². The lowest BCUT2D eigenvalue weighted by Crippen LogP contribution is -2.32. The van der Waals surface area contributed by atoms with E-state index >= 15 is 0 Å². The minimum Gasteiger partial charge on any atom is -0.341 e. The third kappa shape index (κ3) is 3.46. The van der Waals surface area contributed by atoms with Gasteiger partial charge in [-0.3, -0.25) is 0 Å². The van der Waals surface area contributed by atoms with Gasteiger partial charge in [-0.05, 0) is 17.7 Å². The van der Waals surface area contributed by atoms with Gasteiger partial charge in [0.2, 0.25) is 0 Å². The molecule has 0 aliphatic rings. The van der Waals surface area contributed by atoms with Crippen molar-refractivity contribution in [2.24, 2.45) is 0 Å². The van der Waals surface area contributed by atoms with Crippen LogP contribution in [-0.2, 0) is 6.54 Å². The molecule has 70 valence electrons. The van der Waals surface area contributed by atoms with Crippen LogP contribution in [0.2, 0.25) is 0 Å². The predicted molar refractivity (Wildman–Crippen MR) is 55.4 cm³/mol. The second-order valence-electron chi connectivity index (χ2n) is 2.56. The van der Waals surface area contributed by atoms with Crippen LogP contribution in [0.3, 0.4) is 0 Å². The monoisotopic (exact) mass is 242 g/mol. The maximum atomic E-state index is 10.8. The minimum absolute atomic E-state index is 0.164. The fourth-order valence-electron chi connectivity index (χ4n) is 0.873. The summed E-state index contributed by atoms with van der Waals surface area (Å²) in [6.07, 6.45) is 0. The number of halogens is 1. The molecular weight excluding hydrogens is 232 g/mol. The maximum absolute atomic E-state index is 10.8. The summed E-state index contributed by atoms with van der Waals surface area (Å²) in [5.74, 6) is 0. The van der Waals surface area contributed by atoms with E-state index in [4.69, 9.17) is 0 Å². The predicted octanol–water partition coefficient (Wildman–Crippen LogP) is 1.88. The zero-order valence-electron chi connectivity index (χ0n) is 7.30. The minimum atomic E-state index is -0.164. The van der Waals surface area contributed by atoms with Gasteiger partial charge in [-0.2, -0.15) is 0 Å². The first-order valence-corrected chi connectivity index (χ1v) is 4.71. The summed E-state index contributed by atoms with van der Waals surface area (Å²) in [7, 11) is 1.59. The van der Waals surface area contributed by atoms with Gasteiger partial charge in [0.05, 0.1) is 0 Å². The van der Waals surface area contributed by atoms with Crippen molar-refractivity contribution >= 4 is 22.0 Å². The highest BCUT2D eigenvalue weighted by Gasteiger charge is 1.96. The molecule has 4 heteroatoms. The topological polar surface area (TPSA) is 41.1 Å². The van der Waals surface area contributed by atoms with E-state index in [0.717, 1.165) is 10.0 Å². The molecule has 1 rings (SSSR count). The van der Waals surface area contributed by atoms with E-state index in [1.165, 1.54) is 0 Å². The lowest BCUT2D eigenvalue weighted by molar-refractivity contribution is 0.242. The zero-order chi connectivity index (χ0) is 9.68. The van der Waals surface area contributed by atoms with Crippen LogP contribution in [0, 0.1) is 0 Å². The van der Waals surface area contributed by atoms with E-state index in [9.17, 15) is 4.79 Å². The normalized spacial score (nSPS) is 9.38. The smallest absolute Gasteiger partial charge is 0.314 e. The molecule has 0 aromatic heterocycles. The standard InChI is InChI=1S/C9H11BrN2O/c1-11-9(13)12-6-7-2-4-8(10)5-3-7/h2-5H,6H2,1H3,(H2,11,12,13). The Balaban J connectivity index is 2.46. The van der Waals surface area contributed by atoms with Gasteiger partial charge >= 0.3 is 6.03 Å². The van der Waals surface area contributed by atoms with E-state index in [-0.39, 0.29) is 6.03 Å². The molecule has 0 saturated carbocycles. The Kier molecular flexibility index (Phi) is 3.76. The van der Waals surface area contributed by atoms with Crippen LogP contribution in [0.25, 0.3) is 0 Å². The molecule has 0 unspecified atom stereocenters. The second kappa shape index (κ2) is 4.87. The largest absolute Gasteiger partial charge is 0.341 e. The van der Waals surface area contributed by atoms with Gasteiger partial charge in [0.1, 0.15) is 0 Å². The Morgan fingerprint density at radius 3 is 2.54 bits per heavy atom. The third-order valence-corrected chi connectivity index (χ3v) is 2.12. The summed E-state index contributed by atoms with van der Waals surface area (Å²) in [5, 5.41) is 5.19. The van der Waals surface area contributed by atoms with Crippen LogP contribution >= 0.6 is 15.9 Å². The molecule has 0 heterocycles. The van der Waals surface area contributed by atoms with Crippen molar-refractivity contribution in [3.63, 3.8) is 0 Å². The molecule has 1 aromatic rings. The van der Waals surface area contributed by atoms with Crippen LogP contribution in [0.15, 0.2) is 28.7 Å². The maximum Gasteiger partial charge on any atom is 0.314 e. The van der Waals surface area contributed by atoms with Crippen LogP contribution in [0.4, 0.5) is 4.79 Å². The number of carbonyl (C=O) groups is 1. The van der Waals surface area contributed by atoms with Gasteiger partial charge in [-0.25, -0.2) is 4.79 Å². The van der Waals surface area contributed by atoms with Crippen molar-refractivity contribution in [2.75, 3.05) is 7.05 Å². The molecule has 0 bridgehead atoms. The summed E-state index contributed by atoms with van der Waals surface area (Å²) in [6.45, 7) is 0.549. The number of carbonyl (C=O) groups excluding carboxylic acids is 1. The molecule has 0 spiro atoms. The molecule has 0 radical (unpaired) electrons. The molecule has 1 aromatic carbocycles. The summed E-state index contributed by atoms with van der Waals surface area (Å²) in [6, 6.07) is 7.64. The molecule has 2 N–H and O–H groups in total. The van der Waals surface area contributed by atoms with Crippen molar-refractivity contribution in [1.29, 1.82) is 0 Å². The quantitative estimate of drug-likeness (QED) is 0.818. The molecule has 0 aliphatic heterocycles. The molecular formula is C9H11BrN2O. The van der Waals surface area contributed by atoms with Crippen LogP contribution in [0.5, 0.6) is 0 Å². The molecule has 0 saturated heterocycles. The molecule has 3 nitrogen and oxygen atoms in total. The van der Waals surface area contributed by atoms with E-state index < -0.39 is 0 Å². The van der Waals surface area contributed by atoms with E-state index in [0.29, 0.717) is 6.54 Å². The summed E-state index contributed by atoms with van der Waals surface area (Å²) < 4.78 is 1.04. The molecule has 0 fully saturated rings. The van der Waals surface area contributed by atoms with Gasteiger partial charge < -0.3 is 10.6 Å². The van der Waals surface area contributed by atoms with Gasteiger partial charge in [0.25, 0.3) is 0 Å². The van der Waals surface area contributed by atoms with E-state index in [1.807, 2.05) is 24.3 Å². The Morgan fingerprint density at radius 2 is 2.00 bits per heavy atom. The van der Waals surface area contributed by atoms with Crippen molar-refractivity contribution in [3.8, 4) is 0 Å². The molecule has 2 amide bonds. The average Bonchev–Trinajstić information content (AvgIpc) is 2.16. The number of hydrogen-bond donors (Lipinski definition) is 2. The van der Waals surface area contributed by atoms with E-state index in [2.05, 4.69) is 26.6 Å². The van der Waals surface area contributed by atoms with Crippen molar-refractivity contribution in [3.05, 3.63) is 34.3 Å². The summed E-state index contributed by atoms with van der Waals surface area (Å²) >= 11 is 3.34. The first kappa shape index (κ1) is 10.1. The second-order valence-corrected chi connectivity index (χ2v) is 3.47. The zero-order valence-corrected chi connectivity index (χ0v) is 8.89. The van der Waals surface area contributed by atoms with E-state index in [1.54, 1.807) is 7.05 Å². The van der Waals surface area contributed by atoms with Gasteiger partial charge in [0.15, 0.2) is 0 Å². The molecule has 0 atom stereocenters. The fraction of sp³-hybridized carbons (Fsp3) is 0.222. The summed E-state index contributed by atoms with van der Waals surface area (Å²) in [5.41, 5.74) is 1.08. The van der Waals surface area contributed by atoms with Gasteiger partial charge in [-0.1, -0.05) is 28.1 Å². The molecule has 13 heavy (non-hydrogen) atoms. The highest BCUT2D eigenvalue weighted by atomic mass is 79.9. The Labute approximate surface area is 85.7 Å². The Morgan fingerprint density at radius 1 is 1.38 bits per heavy atom. The number of rotatable bonds is 2.